The number of carbonyl (C=O) groups is 1. The summed E-state index contributed by atoms with van der Waals surface area (Å²) in [6.07, 6.45) is 5.49. The van der Waals surface area contributed by atoms with E-state index in [1.165, 1.54) is 19.3 Å². The molecule has 1 aliphatic heterocycles. The van der Waals surface area contributed by atoms with Gasteiger partial charge < -0.3 is 15.5 Å². The highest BCUT2D eigenvalue weighted by Gasteiger charge is 2.16. The van der Waals surface area contributed by atoms with Crippen LogP contribution in [0.2, 0.25) is 5.02 Å². The highest BCUT2D eigenvalue weighted by Crippen LogP contribution is 2.21. The Labute approximate surface area is 159 Å². The molecule has 138 valence electrons. The lowest BCUT2D eigenvalue weighted by Gasteiger charge is -2.29. The quantitative estimate of drug-likeness (QED) is 0.823. The summed E-state index contributed by atoms with van der Waals surface area (Å²) in [6.45, 7) is 4.47. The number of piperidine rings is 1. The van der Waals surface area contributed by atoms with Gasteiger partial charge in [-0.2, -0.15) is 0 Å². The van der Waals surface area contributed by atoms with Crippen molar-refractivity contribution in [2.45, 2.75) is 38.8 Å². The normalized spacial score (nSPS) is 15.4. The van der Waals surface area contributed by atoms with E-state index >= 15 is 0 Å². The molecule has 1 aliphatic rings. The van der Waals surface area contributed by atoms with Gasteiger partial charge in [-0.1, -0.05) is 29.8 Å². The van der Waals surface area contributed by atoms with Crippen LogP contribution in [0.3, 0.4) is 0 Å². The number of urea groups is 1. The Morgan fingerprint density at radius 2 is 1.92 bits per heavy atom. The third-order valence-electron chi connectivity index (χ3n) is 4.68. The molecule has 1 unspecified atom stereocenters. The third kappa shape index (κ3) is 4.88. The highest BCUT2D eigenvalue weighted by atomic mass is 35.5. The predicted molar refractivity (Wildman–Crippen MR) is 106 cm³/mol. The number of carbonyl (C=O) groups excluding carboxylic acids is 1. The van der Waals surface area contributed by atoms with Gasteiger partial charge in [0.25, 0.3) is 0 Å². The van der Waals surface area contributed by atoms with Gasteiger partial charge in [-0.25, -0.2) is 9.78 Å². The van der Waals surface area contributed by atoms with Gasteiger partial charge in [0.15, 0.2) is 0 Å². The molecule has 2 N–H and O–H groups in total. The SMILES string of the molecule is CC(NC(=O)NCc1cccnc1N1CCCCC1)c1ccc(Cl)cc1. The number of halogens is 1. The number of anilines is 1. The molecule has 0 bridgehead atoms. The largest absolute Gasteiger partial charge is 0.356 e. The van der Waals surface area contributed by atoms with E-state index in [1.54, 1.807) is 0 Å². The zero-order chi connectivity index (χ0) is 18.4. The maximum Gasteiger partial charge on any atom is 0.315 e. The molecule has 1 aromatic carbocycles. The molecule has 1 aromatic heterocycles. The molecule has 2 aromatic rings. The molecule has 0 saturated carbocycles. The van der Waals surface area contributed by atoms with Crippen LogP contribution < -0.4 is 15.5 Å². The minimum atomic E-state index is -0.194. The molecule has 3 rings (SSSR count). The van der Waals surface area contributed by atoms with E-state index in [4.69, 9.17) is 11.6 Å². The smallest absolute Gasteiger partial charge is 0.315 e. The summed E-state index contributed by atoms with van der Waals surface area (Å²) in [5.41, 5.74) is 2.06. The summed E-state index contributed by atoms with van der Waals surface area (Å²) in [5.74, 6) is 0.984. The molecular formula is C20H25ClN4O. The van der Waals surface area contributed by atoms with Gasteiger partial charge in [0.1, 0.15) is 5.82 Å². The highest BCUT2D eigenvalue weighted by molar-refractivity contribution is 6.30. The molecule has 2 heterocycles. The fourth-order valence-corrected chi connectivity index (χ4v) is 3.34. The second-order valence-electron chi connectivity index (χ2n) is 6.63. The van der Waals surface area contributed by atoms with Gasteiger partial charge in [-0.05, 0) is 49.9 Å². The molecule has 6 heteroatoms. The number of amides is 2. The lowest BCUT2D eigenvalue weighted by atomic mass is 10.1. The maximum atomic E-state index is 12.3. The Hall–Kier alpha value is -2.27. The molecule has 0 radical (unpaired) electrons. The Morgan fingerprint density at radius 3 is 2.65 bits per heavy atom. The second-order valence-corrected chi connectivity index (χ2v) is 7.07. The summed E-state index contributed by atoms with van der Waals surface area (Å²) >= 11 is 5.91. The van der Waals surface area contributed by atoms with Crippen molar-refractivity contribution in [2.24, 2.45) is 0 Å². The van der Waals surface area contributed by atoms with Crippen LogP contribution in [0.15, 0.2) is 42.6 Å². The van der Waals surface area contributed by atoms with Gasteiger partial charge in [0.05, 0.1) is 6.04 Å². The predicted octanol–water partition coefficient (Wildman–Crippen LogP) is 4.29. The Kier molecular flexibility index (Phi) is 6.34. The average Bonchev–Trinajstić information content (AvgIpc) is 2.68. The van der Waals surface area contributed by atoms with Crippen molar-refractivity contribution in [3.8, 4) is 0 Å². The minimum absolute atomic E-state index is 0.0947. The van der Waals surface area contributed by atoms with E-state index in [1.807, 2.05) is 49.5 Å². The first-order valence-electron chi connectivity index (χ1n) is 9.12. The molecule has 26 heavy (non-hydrogen) atoms. The maximum absolute atomic E-state index is 12.3. The van der Waals surface area contributed by atoms with Crippen LogP contribution in [-0.4, -0.2) is 24.1 Å². The lowest BCUT2D eigenvalue weighted by Crippen LogP contribution is -2.37. The summed E-state index contributed by atoms with van der Waals surface area (Å²) in [6, 6.07) is 11.1. The average molecular weight is 373 g/mol. The van der Waals surface area contributed by atoms with E-state index in [2.05, 4.69) is 20.5 Å². The number of hydrogen-bond acceptors (Lipinski definition) is 3. The van der Waals surface area contributed by atoms with Crippen molar-refractivity contribution >= 4 is 23.4 Å². The first-order valence-corrected chi connectivity index (χ1v) is 9.50. The van der Waals surface area contributed by atoms with E-state index < -0.39 is 0 Å². The summed E-state index contributed by atoms with van der Waals surface area (Å²) < 4.78 is 0. The fourth-order valence-electron chi connectivity index (χ4n) is 3.22. The van der Waals surface area contributed by atoms with Crippen molar-refractivity contribution in [1.82, 2.24) is 15.6 Å². The number of hydrogen-bond donors (Lipinski definition) is 2. The minimum Gasteiger partial charge on any atom is -0.356 e. The van der Waals surface area contributed by atoms with Crippen molar-refractivity contribution in [1.29, 1.82) is 0 Å². The van der Waals surface area contributed by atoms with Crippen molar-refractivity contribution < 1.29 is 4.79 Å². The van der Waals surface area contributed by atoms with Crippen molar-refractivity contribution in [2.75, 3.05) is 18.0 Å². The standard InChI is InChI=1S/C20H25ClN4O/c1-15(16-7-9-18(21)10-8-16)24-20(26)23-14-17-6-5-11-22-19(17)25-12-3-2-4-13-25/h5-11,15H,2-4,12-14H2,1H3,(H2,23,24,26). The van der Waals surface area contributed by atoms with Crippen LogP contribution in [-0.2, 0) is 6.54 Å². The molecule has 1 saturated heterocycles. The Bertz CT molecular complexity index is 729. The Balaban J connectivity index is 1.56. The van der Waals surface area contributed by atoms with Gasteiger partial charge >= 0.3 is 6.03 Å². The number of rotatable bonds is 5. The van der Waals surface area contributed by atoms with E-state index in [0.29, 0.717) is 11.6 Å². The summed E-state index contributed by atoms with van der Waals surface area (Å²) in [7, 11) is 0. The summed E-state index contributed by atoms with van der Waals surface area (Å²) in [5, 5.41) is 6.59. The van der Waals surface area contributed by atoms with E-state index in [0.717, 1.165) is 30.0 Å². The number of benzene rings is 1. The monoisotopic (exact) mass is 372 g/mol. The van der Waals surface area contributed by atoms with Crippen LogP contribution in [0, 0.1) is 0 Å². The topological polar surface area (TPSA) is 57.3 Å². The Morgan fingerprint density at radius 1 is 1.19 bits per heavy atom. The van der Waals surface area contributed by atoms with Crippen LogP contribution in [0.5, 0.6) is 0 Å². The van der Waals surface area contributed by atoms with Crippen molar-refractivity contribution in [3.05, 3.63) is 58.7 Å². The number of nitrogens with one attached hydrogen (secondary N) is 2. The van der Waals surface area contributed by atoms with Crippen molar-refractivity contribution in [3.63, 3.8) is 0 Å². The molecule has 5 nitrogen and oxygen atoms in total. The van der Waals surface area contributed by atoms with Gasteiger partial charge in [0, 0.05) is 36.4 Å². The van der Waals surface area contributed by atoms with Crippen LogP contribution in [0.1, 0.15) is 43.4 Å². The lowest BCUT2D eigenvalue weighted by molar-refractivity contribution is 0.237. The zero-order valence-corrected chi connectivity index (χ0v) is 15.8. The van der Waals surface area contributed by atoms with Gasteiger partial charge in [-0.3, -0.25) is 0 Å². The molecule has 0 spiro atoms. The number of pyridine rings is 1. The molecule has 1 fully saturated rings. The molecule has 2 amide bonds. The first kappa shape index (κ1) is 18.5. The second kappa shape index (κ2) is 8.90. The molecule has 0 aliphatic carbocycles. The molecule has 1 atom stereocenters. The van der Waals surface area contributed by atoms with Gasteiger partial charge in [-0.15, -0.1) is 0 Å². The fraction of sp³-hybridized carbons (Fsp3) is 0.400. The third-order valence-corrected chi connectivity index (χ3v) is 4.93. The van der Waals surface area contributed by atoms with Crippen LogP contribution in [0.25, 0.3) is 0 Å². The summed E-state index contributed by atoms with van der Waals surface area (Å²) in [4.78, 5) is 19.1. The first-order chi connectivity index (χ1) is 12.6. The van der Waals surface area contributed by atoms with Crippen LogP contribution >= 0.6 is 11.6 Å². The van der Waals surface area contributed by atoms with E-state index in [9.17, 15) is 4.79 Å². The number of aromatic nitrogens is 1. The molecular weight excluding hydrogens is 348 g/mol. The van der Waals surface area contributed by atoms with Gasteiger partial charge in [0.2, 0.25) is 0 Å². The van der Waals surface area contributed by atoms with E-state index in [-0.39, 0.29) is 12.1 Å². The zero-order valence-electron chi connectivity index (χ0n) is 15.0. The number of nitrogens with zero attached hydrogens (tertiary/aromatic N) is 2. The van der Waals surface area contributed by atoms with Crippen LogP contribution in [0.4, 0.5) is 10.6 Å².